The first kappa shape index (κ1) is 16.3. The molecule has 1 aromatic rings. The van der Waals surface area contributed by atoms with Crippen molar-refractivity contribution in [3.63, 3.8) is 0 Å². The van der Waals surface area contributed by atoms with Crippen LogP contribution < -0.4 is 5.32 Å². The summed E-state index contributed by atoms with van der Waals surface area (Å²) in [5.41, 5.74) is 0.742. The zero-order chi connectivity index (χ0) is 15.1. The largest absolute Gasteiger partial charge is 0.469 e. The van der Waals surface area contributed by atoms with Gasteiger partial charge in [0.15, 0.2) is 0 Å². The Morgan fingerprint density at radius 3 is 2.62 bits per heavy atom. The number of nitrogens with one attached hydrogen (secondary N) is 1. The van der Waals surface area contributed by atoms with E-state index in [2.05, 4.69) is 21.2 Å². The van der Waals surface area contributed by atoms with E-state index in [0.717, 1.165) is 42.4 Å². The first-order chi connectivity index (χ1) is 10.2. The number of rotatable bonds is 6. The minimum atomic E-state index is -0.353. The molecule has 0 aliphatic carbocycles. The molecule has 4 nitrogen and oxygen atoms in total. The van der Waals surface area contributed by atoms with E-state index in [-0.39, 0.29) is 11.4 Å². The molecule has 0 bridgehead atoms. The number of methoxy groups -OCH3 is 1. The minimum Gasteiger partial charge on any atom is -0.469 e. The second kappa shape index (κ2) is 7.80. The predicted octanol–water partition coefficient (Wildman–Crippen LogP) is 3.61. The van der Waals surface area contributed by atoms with E-state index in [1.165, 1.54) is 7.11 Å². The Labute approximate surface area is 134 Å². The molecular weight excluding hydrogens is 334 g/mol. The first-order valence-electron chi connectivity index (χ1n) is 7.32. The maximum Gasteiger partial charge on any atom is 0.311 e. The van der Waals surface area contributed by atoms with Crippen molar-refractivity contribution in [2.24, 2.45) is 5.41 Å². The highest BCUT2D eigenvalue weighted by Crippen LogP contribution is 2.36. The minimum absolute atomic E-state index is 0.0885. The second-order valence-electron chi connectivity index (χ2n) is 5.42. The molecule has 1 saturated heterocycles. The van der Waals surface area contributed by atoms with Gasteiger partial charge in [-0.15, -0.1) is 0 Å². The van der Waals surface area contributed by atoms with Crippen molar-refractivity contribution < 1.29 is 14.3 Å². The van der Waals surface area contributed by atoms with Crippen LogP contribution >= 0.6 is 15.9 Å². The van der Waals surface area contributed by atoms with Crippen LogP contribution in [0.4, 0.5) is 5.69 Å². The van der Waals surface area contributed by atoms with Crippen LogP contribution in [0.25, 0.3) is 0 Å². The highest BCUT2D eigenvalue weighted by atomic mass is 79.9. The maximum absolute atomic E-state index is 12.1. The van der Waals surface area contributed by atoms with E-state index in [0.29, 0.717) is 13.2 Å². The Kier molecular flexibility index (Phi) is 6.06. The lowest BCUT2D eigenvalue weighted by atomic mass is 9.76. The number of hydrogen-bond donors (Lipinski definition) is 1. The third-order valence-electron chi connectivity index (χ3n) is 4.07. The molecule has 1 N–H and O–H groups in total. The average Bonchev–Trinajstić information content (AvgIpc) is 2.53. The lowest BCUT2D eigenvalue weighted by molar-refractivity contribution is -0.159. The van der Waals surface area contributed by atoms with Gasteiger partial charge in [-0.3, -0.25) is 4.79 Å². The molecule has 0 saturated carbocycles. The summed E-state index contributed by atoms with van der Waals surface area (Å²) in [6.45, 7) is 2.14. The summed E-state index contributed by atoms with van der Waals surface area (Å²) in [7, 11) is 1.47. The zero-order valence-electron chi connectivity index (χ0n) is 12.4. The SMILES string of the molecule is COC(=O)C1(CCCNc2ccc(Br)cc2)CCOCC1. The number of carbonyl (C=O) groups excluding carboxylic acids is 1. The van der Waals surface area contributed by atoms with Gasteiger partial charge >= 0.3 is 5.97 Å². The topological polar surface area (TPSA) is 47.6 Å². The van der Waals surface area contributed by atoms with Gasteiger partial charge in [0, 0.05) is 29.9 Å². The number of ether oxygens (including phenoxy) is 2. The molecule has 21 heavy (non-hydrogen) atoms. The Bertz CT molecular complexity index is 455. The Balaban J connectivity index is 1.82. The lowest BCUT2D eigenvalue weighted by Gasteiger charge is -2.34. The molecule has 1 aliphatic heterocycles. The molecule has 1 aliphatic rings. The van der Waals surface area contributed by atoms with Gasteiger partial charge in [-0.1, -0.05) is 15.9 Å². The number of halogens is 1. The molecule has 0 unspecified atom stereocenters. The molecule has 0 radical (unpaired) electrons. The Hall–Kier alpha value is -1.07. The number of anilines is 1. The van der Waals surface area contributed by atoms with Gasteiger partial charge in [0.25, 0.3) is 0 Å². The average molecular weight is 356 g/mol. The molecule has 0 atom stereocenters. The molecule has 0 spiro atoms. The van der Waals surface area contributed by atoms with Crippen molar-refractivity contribution in [1.82, 2.24) is 0 Å². The summed E-state index contributed by atoms with van der Waals surface area (Å²) in [5, 5.41) is 3.38. The van der Waals surface area contributed by atoms with Crippen molar-refractivity contribution in [3.8, 4) is 0 Å². The highest BCUT2D eigenvalue weighted by Gasteiger charge is 2.40. The van der Waals surface area contributed by atoms with Crippen molar-refractivity contribution in [1.29, 1.82) is 0 Å². The first-order valence-corrected chi connectivity index (χ1v) is 8.11. The molecule has 0 aromatic heterocycles. The van der Waals surface area contributed by atoms with Crippen LogP contribution in [0, 0.1) is 5.41 Å². The van der Waals surface area contributed by atoms with E-state index in [1.807, 2.05) is 24.3 Å². The van der Waals surface area contributed by atoms with E-state index in [4.69, 9.17) is 9.47 Å². The number of benzene rings is 1. The van der Waals surface area contributed by atoms with E-state index < -0.39 is 0 Å². The number of hydrogen-bond acceptors (Lipinski definition) is 4. The normalized spacial score (nSPS) is 17.2. The third-order valence-corrected chi connectivity index (χ3v) is 4.60. The molecule has 116 valence electrons. The fraction of sp³-hybridized carbons (Fsp3) is 0.562. The van der Waals surface area contributed by atoms with E-state index in [1.54, 1.807) is 0 Å². The van der Waals surface area contributed by atoms with Crippen LogP contribution in [-0.4, -0.2) is 32.8 Å². The van der Waals surface area contributed by atoms with Gasteiger partial charge in [0.05, 0.1) is 12.5 Å². The van der Waals surface area contributed by atoms with Crippen LogP contribution in [0.3, 0.4) is 0 Å². The summed E-state index contributed by atoms with van der Waals surface area (Å²) in [5.74, 6) is -0.0885. The van der Waals surface area contributed by atoms with E-state index >= 15 is 0 Å². The van der Waals surface area contributed by atoms with Crippen molar-refractivity contribution in [3.05, 3.63) is 28.7 Å². The lowest BCUT2D eigenvalue weighted by Crippen LogP contribution is -2.38. The smallest absolute Gasteiger partial charge is 0.311 e. The van der Waals surface area contributed by atoms with Gasteiger partial charge < -0.3 is 14.8 Å². The molecule has 1 aromatic carbocycles. The van der Waals surface area contributed by atoms with Crippen LogP contribution in [-0.2, 0) is 14.3 Å². The second-order valence-corrected chi connectivity index (χ2v) is 6.34. The molecule has 5 heteroatoms. The van der Waals surface area contributed by atoms with Gasteiger partial charge in [0.1, 0.15) is 0 Å². The van der Waals surface area contributed by atoms with Gasteiger partial charge in [0.2, 0.25) is 0 Å². The van der Waals surface area contributed by atoms with Crippen LogP contribution in [0.5, 0.6) is 0 Å². The Morgan fingerprint density at radius 1 is 1.33 bits per heavy atom. The molecule has 2 rings (SSSR count). The summed E-state index contributed by atoms with van der Waals surface area (Å²) < 4.78 is 11.4. The number of carbonyl (C=O) groups is 1. The summed E-state index contributed by atoms with van der Waals surface area (Å²) in [4.78, 5) is 12.1. The monoisotopic (exact) mass is 355 g/mol. The number of esters is 1. The van der Waals surface area contributed by atoms with Crippen LogP contribution in [0.2, 0.25) is 0 Å². The fourth-order valence-electron chi connectivity index (χ4n) is 2.76. The Morgan fingerprint density at radius 2 is 2.00 bits per heavy atom. The fourth-order valence-corrected chi connectivity index (χ4v) is 3.03. The highest BCUT2D eigenvalue weighted by molar-refractivity contribution is 9.10. The summed E-state index contributed by atoms with van der Waals surface area (Å²) >= 11 is 3.42. The quantitative estimate of drug-likeness (QED) is 0.625. The maximum atomic E-state index is 12.1. The van der Waals surface area contributed by atoms with Gasteiger partial charge in [-0.05, 0) is 49.9 Å². The van der Waals surface area contributed by atoms with E-state index in [9.17, 15) is 4.79 Å². The van der Waals surface area contributed by atoms with Crippen LogP contribution in [0.15, 0.2) is 28.7 Å². The summed E-state index contributed by atoms with van der Waals surface area (Å²) in [6, 6.07) is 8.09. The molecular formula is C16H22BrNO3. The van der Waals surface area contributed by atoms with Crippen LogP contribution in [0.1, 0.15) is 25.7 Å². The standard InChI is InChI=1S/C16H22BrNO3/c1-20-15(19)16(8-11-21-12-9-16)7-2-10-18-14-5-3-13(17)4-6-14/h3-6,18H,2,7-12H2,1H3. The third kappa shape index (κ3) is 4.45. The van der Waals surface area contributed by atoms with Crippen molar-refractivity contribution in [2.75, 3.05) is 32.2 Å². The zero-order valence-corrected chi connectivity index (χ0v) is 13.9. The van der Waals surface area contributed by atoms with Gasteiger partial charge in [-0.2, -0.15) is 0 Å². The molecule has 1 fully saturated rings. The summed E-state index contributed by atoms with van der Waals surface area (Å²) in [6.07, 6.45) is 3.30. The van der Waals surface area contributed by atoms with Crippen molar-refractivity contribution in [2.45, 2.75) is 25.7 Å². The predicted molar refractivity (Wildman–Crippen MR) is 86.4 cm³/mol. The molecule has 1 heterocycles. The molecule has 0 amide bonds. The van der Waals surface area contributed by atoms with Crippen molar-refractivity contribution >= 4 is 27.6 Å². The van der Waals surface area contributed by atoms with Gasteiger partial charge in [-0.25, -0.2) is 0 Å².